The molecule has 2 N–H and O–H groups in total. The molecule has 0 bridgehead atoms. The van der Waals surface area contributed by atoms with Gasteiger partial charge in [-0.15, -0.1) is 0 Å². The zero-order valence-electron chi connectivity index (χ0n) is 15.1. The number of nitrogens with zero attached hydrogens (tertiary/aromatic N) is 4. The number of hydrogen-bond acceptors (Lipinski definition) is 6. The van der Waals surface area contributed by atoms with Crippen LogP contribution in [0.5, 0.6) is 0 Å². The average Bonchev–Trinajstić information content (AvgIpc) is 2.74. The summed E-state index contributed by atoms with van der Waals surface area (Å²) < 4.78 is 0. The van der Waals surface area contributed by atoms with Crippen molar-refractivity contribution in [1.82, 2.24) is 15.3 Å². The first kappa shape index (κ1) is 19.6. The molecule has 0 aliphatic carbocycles. The summed E-state index contributed by atoms with van der Waals surface area (Å²) in [5, 5.41) is 14.7. The molecule has 144 valence electrons. The number of nitrogens with one attached hydrogen (secondary N) is 2. The maximum atomic E-state index is 12.0. The van der Waals surface area contributed by atoms with Crippen LogP contribution in [0, 0.1) is 17.2 Å². The summed E-state index contributed by atoms with van der Waals surface area (Å²) in [7, 11) is 0. The van der Waals surface area contributed by atoms with E-state index < -0.39 is 11.8 Å². The van der Waals surface area contributed by atoms with Gasteiger partial charge in [-0.05, 0) is 30.9 Å². The number of carbonyl (C=O) groups excluding carboxylic acids is 2. The molecule has 0 unspecified atom stereocenters. The zero-order chi connectivity index (χ0) is 19.9. The minimum atomic E-state index is -0.747. The lowest BCUT2D eigenvalue weighted by atomic mass is 9.96. The topological polar surface area (TPSA) is 111 Å². The van der Waals surface area contributed by atoms with Crippen LogP contribution in [-0.2, 0) is 9.59 Å². The molecule has 2 amide bonds. The summed E-state index contributed by atoms with van der Waals surface area (Å²) in [6, 6.07) is 8.79. The summed E-state index contributed by atoms with van der Waals surface area (Å²) in [5.74, 6) is -0.603. The number of halogens is 1. The van der Waals surface area contributed by atoms with E-state index in [4.69, 9.17) is 16.9 Å². The molecule has 0 radical (unpaired) electrons. The van der Waals surface area contributed by atoms with Crippen LogP contribution >= 0.6 is 11.6 Å². The van der Waals surface area contributed by atoms with Crippen molar-refractivity contribution >= 4 is 34.9 Å². The highest BCUT2D eigenvalue weighted by molar-refractivity contribution is 6.41. The fourth-order valence-corrected chi connectivity index (χ4v) is 3.23. The highest BCUT2D eigenvalue weighted by Crippen LogP contribution is 2.23. The lowest BCUT2D eigenvalue weighted by Gasteiger charge is -2.32. The Morgan fingerprint density at radius 1 is 1.18 bits per heavy atom. The number of rotatable bonds is 4. The third kappa shape index (κ3) is 4.75. The van der Waals surface area contributed by atoms with Crippen LogP contribution in [0.15, 0.2) is 36.7 Å². The number of para-hydroxylation sites is 1. The second-order valence-electron chi connectivity index (χ2n) is 6.41. The summed E-state index contributed by atoms with van der Waals surface area (Å²) in [6.45, 7) is 1.83. The number of aromatic nitrogens is 2. The third-order valence-corrected chi connectivity index (χ3v) is 4.91. The van der Waals surface area contributed by atoms with Crippen molar-refractivity contribution in [3.63, 3.8) is 0 Å². The van der Waals surface area contributed by atoms with E-state index in [1.165, 1.54) is 6.20 Å². The second-order valence-corrected chi connectivity index (χ2v) is 6.82. The first-order valence-corrected chi connectivity index (χ1v) is 9.26. The molecule has 9 heteroatoms. The molecule has 1 aliphatic heterocycles. The van der Waals surface area contributed by atoms with Gasteiger partial charge in [0.2, 0.25) is 0 Å². The van der Waals surface area contributed by atoms with E-state index in [0.29, 0.717) is 41.9 Å². The van der Waals surface area contributed by atoms with Crippen molar-refractivity contribution in [2.75, 3.05) is 29.9 Å². The van der Waals surface area contributed by atoms with E-state index in [0.717, 1.165) is 12.8 Å². The standard InChI is InChI=1S/C19H19ClN6O2/c20-14-3-1-2-4-15(14)25-19(28)18(27)24-12-13-5-9-26(10-6-13)17-16(11-21)22-7-8-23-17/h1-4,7-8,13H,5-6,9-10,12H2,(H,24,27)(H,25,28). The number of anilines is 2. The van der Waals surface area contributed by atoms with Gasteiger partial charge in [0.1, 0.15) is 6.07 Å². The summed E-state index contributed by atoms with van der Waals surface area (Å²) in [4.78, 5) is 34.4. The second kappa shape index (κ2) is 9.15. The summed E-state index contributed by atoms with van der Waals surface area (Å²) >= 11 is 5.98. The van der Waals surface area contributed by atoms with E-state index in [9.17, 15) is 9.59 Å². The maximum absolute atomic E-state index is 12.0. The Balaban J connectivity index is 1.46. The molecular weight excluding hydrogens is 380 g/mol. The molecule has 1 aromatic carbocycles. The van der Waals surface area contributed by atoms with Gasteiger partial charge in [-0.3, -0.25) is 9.59 Å². The van der Waals surface area contributed by atoms with E-state index in [2.05, 4.69) is 26.7 Å². The highest BCUT2D eigenvalue weighted by atomic mass is 35.5. The van der Waals surface area contributed by atoms with Crippen molar-refractivity contribution in [2.45, 2.75) is 12.8 Å². The minimum Gasteiger partial charge on any atom is -0.354 e. The maximum Gasteiger partial charge on any atom is 0.313 e. The minimum absolute atomic E-state index is 0.246. The number of amides is 2. The Labute approximate surface area is 167 Å². The van der Waals surface area contributed by atoms with Gasteiger partial charge in [-0.2, -0.15) is 5.26 Å². The quantitative estimate of drug-likeness (QED) is 0.762. The van der Waals surface area contributed by atoms with Gasteiger partial charge in [-0.25, -0.2) is 9.97 Å². The zero-order valence-corrected chi connectivity index (χ0v) is 15.8. The van der Waals surface area contributed by atoms with Crippen LogP contribution in [-0.4, -0.2) is 41.4 Å². The van der Waals surface area contributed by atoms with Crippen molar-refractivity contribution < 1.29 is 9.59 Å². The molecule has 0 spiro atoms. The number of carbonyl (C=O) groups is 2. The Morgan fingerprint density at radius 3 is 2.61 bits per heavy atom. The predicted octanol–water partition coefficient (Wildman–Crippen LogP) is 1.97. The van der Waals surface area contributed by atoms with Crippen LogP contribution in [0.2, 0.25) is 5.02 Å². The lowest BCUT2D eigenvalue weighted by Crippen LogP contribution is -2.42. The van der Waals surface area contributed by atoms with E-state index in [-0.39, 0.29) is 5.92 Å². The van der Waals surface area contributed by atoms with Gasteiger partial charge in [-0.1, -0.05) is 23.7 Å². The molecule has 28 heavy (non-hydrogen) atoms. The summed E-state index contributed by atoms with van der Waals surface area (Å²) in [5.41, 5.74) is 0.709. The van der Waals surface area contributed by atoms with Crippen molar-refractivity contribution in [2.24, 2.45) is 5.92 Å². The molecule has 2 aromatic rings. The third-order valence-electron chi connectivity index (χ3n) is 4.58. The molecule has 1 fully saturated rings. The van der Waals surface area contributed by atoms with Gasteiger partial charge < -0.3 is 15.5 Å². The monoisotopic (exact) mass is 398 g/mol. The average molecular weight is 399 g/mol. The molecule has 0 saturated carbocycles. The van der Waals surface area contributed by atoms with Gasteiger partial charge >= 0.3 is 11.8 Å². The molecule has 0 atom stereocenters. The molecule has 2 heterocycles. The predicted molar refractivity (Wildman–Crippen MR) is 105 cm³/mol. The molecule has 3 rings (SSSR count). The van der Waals surface area contributed by atoms with Gasteiger partial charge in [0.15, 0.2) is 11.5 Å². The van der Waals surface area contributed by atoms with Crippen LogP contribution < -0.4 is 15.5 Å². The molecule has 1 saturated heterocycles. The van der Waals surface area contributed by atoms with E-state index in [1.54, 1.807) is 30.5 Å². The molecule has 1 aliphatic rings. The first-order valence-electron chi connectivity index (χ1n) is 8.88. The van der Waals surface area contributed by atoms with Crippen molar-refractivity contribution in [3.8, 4) is 6.07 Å². The Bertz CT molecular complexity index is 905. The Morgan fingerprint density at radius 2 is 1.89 bits per heavy atom. The van der Waals surface area contributed by atoms with E-state index >= 15 is 0 Å². The van der Waals surface area contributed by atoms with Crippen molar-refractivity contribution in [1.29, 1.82) is 5.26 Å². The first-order chi connectivity index (χ1) is 13.6. The van der Waals surface area contributed by atoms with Crippen molar-refractivity contribution in [3.05, 3.63) is 47.4 Å². The van der Waals surface area contributed by atoms with Crippen LogP contribution in [0.3, 0.4) is 0 Å². The van der Waals surface area contributed by atoms with Gasteiger partial charge in [0, 0.05) is 32.0 Å². The number of nitriles is 1. The lowest BCUT2D eigenvalue weighted by molar-refractivity contribution is -0.136. The Hall–Kier alpha value is -3.18. The SMILES string of the molecule is N#Cc1nccnc1N1CCC(CNC(=O)C(=O)Nc2ccccc2Cl)CC1. The largest absolute Gasteiger partial charge is 0.354 e. The Kier molecular flexibility index (Phi) is 6.40. The summed E-state index contributed by atoms with van der Waals surface area (Å²) in [6.07, 6.45) is 4.69. The molecule has 1 aromatic heterocycles. The van der Waals surface area contributed by atoms with Gasteiger partial charge in [0.05, 0.1) is 10.7 Å². The van der Waals surface area contributed by atoms with Crippen LogP contribution in [0.4, 0.5) is 11.5 Å². The highest BCUT2D eigenvalue weighted by Gasteiger charge is 2.24. The molecular formula is C19H19ClN6O2. The van der Waals surface area contributed by atoms with E-state index in [1.807, 2.05) is 4.90 Å². The van der Waals surface area contributed by atoms with Crippen LogP contribution in [0.25, 0.3) is 0 Å². The van der Waals surface area contributed by atoms with Crippen LogP contribution in [0.1, 0.15) is 18.5 Å². The normalized spacial score (nSPS) is 14.2. The number of benzene rings is 1. The van der Waals surface area contributed by atoms with Gasteiger partial charge in [0.25, 0.3) is 0 Å². The fourth-order valence-electron chi connectivity index (χ4n) is 3.05. The smallest absolute Gasteiger partial charge is 0.313 e. The fraction of sp³-hybridized carbons (Fsp3) is 0.316. The number of hydrogen-bond donors (Lipinski definition) is 2. The molecule has 8 nitrogen and oxygen atoms in total. The number of piperidine rings is 1.